The standard InChI is InChI=1S/C11H25NO/c1-10(2)6-8-12(5)11(3,4)7-9-13/h10,13H,6-9H2,1-5H3. The fourth-order valence-corrected chi connectivity index (χ4v) is 1.22. The SMILES string of the molecule is CC(C)CCN(C)C(C)(C)CCO. The van der Waals surface area contributed by atoms with E-state index >= 15 is 0 Å². The van der Waals surface area contributed by atoms with Gasteiger partial charge in [-0.1, -0.05) is 13.8 Å². The monoisotopic (exact) mass is 187 g/mol. The molecule has 0 bridgehead atoms. The van der Waals surface area contributed by atoms with E-state index in [1.807, 2.05) is 0 Å². The molecule has 0 atom stereocenters. The normalized spacial score (nSPS) is 12.9. The van der Waals surface area contributed by atoms with Crippen LogP contribution in [0.3, 0.4) is 0 Å². The fourth-order valence-electron chi connectivity index (χ4n) is 1.22. The summed E-state index contributed by atoms with van der Waals surface area (Å²) in [6, 6.07) is 0. The van der Waals surface area contributed by atoms with Gasteiger partial charge < -0.3 is 10.0 Å². The molecule has 0 aromatic heterocycles. The van der Waals surface area contributed by atoms with Gasteiger partial charge in [0.2, 0.25) is 0 Å². The van der Waals surface area contributed by atoms with Crippen molar-refractivity contribution < 1.29 is 5.11 Å². The van der Waals surface area contributed by atoms with Gasteiger partial charge in [-0.2, -0.15) is 0 Å². The predicted octanol–water partition coefficient (Wildman–Crippen LogP) is 2.13. The summed E-state index contributed by atoms with van der Waals surface area (Å²) in [6.07, 6.45) is 2.08. The Morgan fingerprint density at radius 3 is 2.23 bits per heavy atom. The number of hydrogen-bond acceptors (Lipinski definition) is 2. The molecular formula is C11H25NO. The Morgan fingerprint density at radius 2 is 1.85 bits per heavy atom. The van der Waals surface area contributed by atoms with E-state index in [4.69, 9.17) is 5.11 Å². The Bertz CT molecular complexity index is 132. The summed E-state index contributed by atoms with van der Waals surface area (Å²) in [5.74, 6) is 0.757. The van der Waals surface area contributed by atoms with Crippen molar-refractivity contribution in [3.63, 3.8) is 0 Å². The van der Waals surface area contributed by atoms with Gasteiger partial charge >= 0.3 is 0 Å². The van der Waals surface area contributed by atoms with Gasteiger partial charge in [-0.3, -0.25) is 0 Å². The molecule has 2 nitrogen and oxygen atoms in total. The van der Waals surface area contributed by atoms with Crippen molar-refractivity contribution >= 4 is 0 Å². The molecule has 80 valence electrons. The zero-order valence-electron chi connectivity index (χ0n) is 9.80. The van der Waals surface area contributed by atoms with Crippen molar-refractivity contribution in [2.24, 2.45) is 5.92 Å². The minimum absolute atomic E-state index is 0.129. The Balaban J connectivity index is 3.86. The van der Waals surface area contributed by atoms with Gasteiger partial charge in [0, 0.05) is 12.1 Å². The van der Waals surface area contributed by atoms with Crippen LogP contribution in [0.4, 0.5) is 0 Å². The molecule has 0 aliphatic heterocycles. The Kier molecular flexibility index (Phi) is 5.57. The molecule has 0 aliphatic carbocycles. The van der Waals surface area contributed by atoms with E-state index in [0.29, 0.717) is 0 Å². The number of rotatable bonds is 6. The van der Waals surface area contributed by atoms with Crippen molar-refractivity contribution in [3.05, 3.63) is 0 Å². The van der Waals surface area contributed by atoms with Crippen LogP contribution in [0.5, 0.6) is 0 Å². The van der Waals surface area contributed by atoms with Gasteiger partial charge in [-0.15, -0.1) is 0 Å². The van der Waals surface area contributed by atoms with E-state index in [-0.39, 0.29) is 12.1 Å². The average Bonchev–Trinajstić information content (AvgIpc) is 1.99. The maximum absolute atomic E-state index is 8.90. The molecule has 0 radical (unpaired) electrons. The molecule has 0 saturated carbocycles. The molecule has 1 N–H and O–H groups in total. The van der Waals surface area contributed by atoms with Crippen LogP contribution in [0.25, 0.3) is 0 Å². The second-order valence-corrected chi connectivity index (χ2v) is 4.89. The maximum atomic E-state index is 8.90. The van der Waals surface area contributed by atoms with Gasteiger partial charge in [0.1, 0.15) is 0 Å². The summed E-state index contributed by atoms with van der Waals surface area (Å²) in [5, 5.41) is 8.90. The predicted molar refractivity (Wildman–Crippen MR) is 57.9 cm³/mol. The Labute approximate surface area is 82.9 Å². The summed E-state index contributed by atoms with van der Waals surface area (Å²) in [4.78, 5) is 2.34. The van der Waals surface area contributed by atoms with E-state index in [9.17, 15) is 0 Å². The summed E-state index contributed by atoms with van der Waals surface area (Å²) >= 11 is 0. The number of hydrogen-bond donors (Lipinski definition) is 1. The molecule has 0 aromatic rings. The lowest BCUT2D eigenvalue weighted by atomic mass is 9.98. The first kappa shape index (κ1) is 12.9. The van der Waals surface area contributed by atoms with E-state index in [2.05, 4.69) is 39.6 Å². The molecule has 0 amide bonds. The average molecular weight is 187 g/mol. The minimum atomic E-state index is 0.129. The first-order valence-electron chi connectivity index (χ1n) is 5.22. The van der Waals surface area contributed by atoms with Crippen LogP contribution in [0.2, 0.25) is 0 Å². The largest absolute Gasteiger partial charge is 0.396 e. The van der Waals surface area contributed by atoms with E-state index in [1.54, 1.807) is 0 Å². The molecule has 0 spiro atoms. The molecule has 0 fully saturated rings. The molecule has 0 aromatic carbocycles. The zero-order chi connectivity index (χ0) is 10.5. The second kappa shape index (κ2) is 5.61. The topological polar surface area (TPSA) is 23.5 Å². The van der Waals surface area contributed by atoms with Crippen molar-refractivity contribution in [1.29, 1.82) is 0 Å². The van der Waals surface area contributed by atoms with Crippen molar-refractivity contribution in [2.45, 2.75) is 46.1 Å². The van der Waals surface area contributed by atoms with Crippen molar-refractivity contribution in [1.82, 2.24) is 4.90 Å². The van der Waals surface area contributed by atoms with Crippen molar-refractivity contribution in [3.8, 4) is 0 Å². The van der Waals surface area contributed by atoms with Crippen LogP contribution in [-0.4, -0.2) is 35.7 Å². The van der Waals surface area contributed by atoms with Gasteiger partial charge in [0.05, 0.1) is 0 Å². The molecule has 2 heteroatoms. The molecule has 0 rings (SSSR count). The highest BCUT2D eigenvalue weighted by atomic mass is 16.3. The van der Waals surface area contributed by atoms with Crippen LogP contribution in [0, 0.1) is 5.92 Å². The highest BCUT2D eigenvalue weighted by Gasteiger charge is 2.22. The highest BCUT2D eigenvalue weighted by Crippen LogP contribution is 2.17. The van der Waals surface area contributed by atoms with E-state index in [0.717, 1.165) is 18.9 Å². The quantitative estimate of drug-likeness (QED) is 0.688. The summed E-state index contributed by atoms with van der Waals surface area (Å²) < 4.78 is 0. The zero-order valence-corrected chi connectivity index (χ0v) is 9.80. The highest BCUT2D eigenvalue weighted by molar-refractivity contribution is 4.78. The lowest BCUT2D eigenvalue weighted by Gasteiger charge is -2.35. The van der Waals surface area contributed by atoms with Crippen molar-refractivity contribution in [2.75, 3.05) is 20.2 Å². The fraction of sp³-hybridized carbons (Fsp3) is 1.00. The summed E-state index contributed by atoms with van der Waals surface area (Å²) in [6.45, 7) is 10.2. The Hall–Kier alpha value is -0.0800. The summed E-state index contributed by atoms with van der Waals surface area (Å²) in [5.41, 5.74) is 0.129. The number of aliphatic hydroxyl groups excluding tert-OH is 1. The van der Waals surface area contributed by atoms with Crippen LogP contribution < -0.4 is 0 Å². The van der Waals surface area contributed by atoms with E-state index < -0.39 is 0 Å². The van der Waals surface area contributed by atoms with E-state index in [1.165, 1.54) is 6.42 Å². The lowest BCUT2D eigenvalue weighted by Crippen LogP contribution is -2.42. The van der Waals surface area contributed by atoms with Gasteiger partial charge in [-0.25, -0.2) is 0 Å². The second-order valence-electron chi connectivity index (χ2n) is 4.89. The first-order chi connectivity index (χ1) is 5.90. The lowest BCUT2D eigenvalue weighted by molar-refractivity contribution is 0.111. The van der Waals surface area contributed by atoms with Gasteiger partial charge in [0.15, 0.2) is 0 Å². The molecule has 0 aliphatic rings. The number of nitrogens with zero attached hydrogens (tertiary/aromatic N) is 1. The van der Waals surface area contributed by atoms with Crippen LogP contribution in [0.1, 0.15) is 40.5 Å². The number of aliphatic hydroxyl groups is 1. The third-order valence-corrected chi connectivity index (χ3v) is 2.80. The Morgan fingerprint density at radius 1 is 1.31 bits per heavy atom. The van der Waals surface area contributed by atoms with Crippen LogP contribution >= 0.6 is 0 Å². The van der Waals surface area contributed by atoms with Crippen LogP contribution in [-0.2, 0) is 0 Å². The summed E-state index contributed by atoms with van der Waals surface area (Å²) in [7, 11) is 2.14. The molecule has 0 heterocycles. The first-order valence-corrected chi connectivity index (χ1v) is 5.22. The smallest absolute Gasteiger partial charge is 0.0448 e. The van der Waals surface area contributed by atoms with Crippen LogP contribution in [0.15, 0.2) is 0 Å². The third kappa shape index (κ3) is 5.27. The van der Waals surface area contributed by atoms with Gasteiger partial charge in [-0.05, 0) is 46.2 Å². The molecule has 0 saturated heterocycles. The molecular weight excluding hydrogens is 162 g/mol. The minimum Gasteiger partial charge on any atom is -0.396 e. The maximum Gasteiger partial charge on any atom is 0.0448 e. The third-order valence-electron chi connectivity index (χ3n) is 2.80. The molecule has 0 unspecified atom stereocenters. The van der Waals surface area contributed by atoms with Gasteiger partial charge in [0.25, 0.3) is 0 Å². The molecule has 13 heavy (non-hydrogen) atoms.